The maximum atomic E-state index is 6.73. The summed E-state index contributed by atoms with van der Waals surface area (Å²) in [7, 11) is 32.5. The van der Waals surface area contributed by atoms with Crippen molar-refractivity contribution in [3.63, 3.8) is 0 Å². The average Bonchev–Trinajstić information content (AvgIpc) is 3.67. The first kappa shape index (κ1) is 29.4. The number of nitrogens with zero attached hydrogens (tertiary/aromatic N) is 5. The van der Waals surface area contributed by atoms with E-state index in [4.69, 9.17) is 54.2 Å². The SMILES string of the molecule is [B]c1c([B])c([B])c(-n2c3ccccc3c3ccc4c(c5ccccc5n4-c4nc(-c5ccccc5)nc(-c5ccccc5)n4)c32)c([B])c1[B]. The molecule has 9 rings (SSSR count). The van der Waals surface area contributed by atoms with Gasteiger partial charge < -0.3 is 4.57 Å². The quantitative estimate of drug-likeness (QED) is 0.287. The van der Waals surface area contributed by atoms with Crippen molar-refractivity contribution >= 4 is 110 Å². The molecule has 0 aliphatic rings. The molecule has 0 aliphatic heterocycles. The van der Waals surface area contributed by atoms with Crippen molar-refractivity contribution in [1.29, 1.82) is 0 Å². The normalized spacial score (nSPS) is 11.7. The summed E-state index contributed by atoms with van der Waals surface area (Å²) >= 11 is 0. The Morgan fingerprint density at radius 2 is 0.878 bits per heavy atom. The van der Waals surface area contributed by atoms with E-state index >= 15 is 0 Å². The molecule has 3 aromatic heterocycles. The smallest absolute Gasteiger partial charge is 0.238 e. The minimum absolute atomic E-state index is 0.166. The molecule has 0 atom stereocenters. The zero-order valence-electron chi connectivity index (χ0n) is 26.2. The van der Waals surface area contributed by atoms with Gasteiger partial charge in [0.25, 0.3) is 0 Å². The Bertz CT molecular complexity index is 2690. The van der Waals surface area contributed by atoms with Gasteiger partial charge in [0, 0.05) is 38.4 Å². The fraction of sp³-hybridized carbons (Fsp3) is 0. The number of para-hydroxylation sites is 2. The first-order valence-electron chi connectivity index (χ1n) is 15.8. The Labute approximate surface area is 289 Å². The third-order valence-electron chi connectivity index (χ3n) is 9.25. The Morgan fingerprint density at radius 1 is 0.388 bits per heavy atom. The second-order valence-electron chi connectivity index (χ2n) is 12.0. The third kappa shape index (κ3) is 4.36. The van der Waals surface area contributed by atoms with E-state index in [1.807, 2.05) is 91.0 Å². The van der Waals surface area contributed by atoms with Gasteiger partial charge in [-0.3, -0.25) is 4.57 Å². The average molecular weight is 613 g/mol. The van der Waals surface area contributed by atoms with E-state index in [-0.39, 0.29) is 27.3 Å². The molecule has 6 aromatic carbocycles. The Hall–Kier alpha value is -5.75. The maximum Gasteiger partial charge on any atom is 0.238 e. The van der Waals surface area contributed by atoms with E-state index in [1.165, 1.54) is 0 Å². The third-order valence-corrected chi connectivity index (χ3v) is 9.25. The molecule has 3 heterocycles. The minimum atomic E-state index is 0.166. The molecular weight excluding hydrogens is 593 g/mol. The Balaban J connectivity index is 1.45. The zero-order chi connectivity index (χ0) is 33.4. The topological polar surface area (TPSA) is 48.5 Å². The van der Waals surface area contributed by atoms with E-state index in [0.717, 1.165) is 54.7 Å². The van der Waals surface area contributed by atoms with Gasteiger partial charge in [-0.15, -0.1) is 16.4 Å². The molecule has 49 heavy (non-hydrogen) atoms. The van der Waals surface area contributed by atoms with E-state index in [1.54, 1.807) is 0 Å². The molecule has 0 aliphatic carbocycles. The highest BCUT2D eigenvalue weighted by atomic mass is 15.2. The number of hydrogen-bond donors (Lipinski definition) is 0. The summed E-state index contributed by atoms with van der Waals surface area (Å²) in [5.74, 6) is 1.62. The van der Waals surface area contributed by atoms with Crippen molar-refractivity contribution in [2.24, 2.45) is 0 Å². The molecule has 10 radical (unpaired) electrons. The van der Waals surface area contributed by atoms with Crippen LogP contribution in [0.25, 0.3) is 78.0 Å². The summed E-state index contributed by atoms with van der Waals surface area (Å²) < 4.78 is 4.14. The minimum Gasteiger partial charge on any atom is -0.310 e. The lowest BCUT2D eigenvalue weighted by Gasteiger charge is -2.23. The molecule has 216 valence electrons. The summed E-state index contributed by atoms with van der Waals surface area (Å²) in [6.07, 6.45) is 0. The molecule has 0 bridgehead atoms. The molecule has 0 unspecified atom stereocenters. The van der Waals surface area contributed by atoms with E-state index in [2.05, 4.69) is 39.5 Å². The van der Waals surface area contributed by atoms with E-state index < -0.39 is 0 Å². The molecule has 0 spiro atoms. The van der Waals surface area contributed by atoms with Gasteiger partial charge in [-0.1, -0.05) is 114 Å². The van der Waals surface area contributed by atoms with Gasteiger partial charge in [0.05, 0.1) is 22.1 Å². The van der Waals surface area contributed by atoms with Crippen LogP contribution in [0.15, 0.2) is 121 Å². The maximum absolute atomic E-state index is 6.73. The van der Waals surface area contributed by atoms with Crippen molar-refractivity contribution < 1.29 is 0 Å². The van der Waals surface area contributed by atoms with Crippen LogP contribution in [0.1, 0.15) is 0 Å². The van der Waals surface area contributed by atoms with Crippen molar-refractivity contribution in [3.8, 4) is 34.4 Å². The fourth-order valence-electron chi connectivity index (χ4n) is 6.93. The van der Waals surface area contributed by atoms with E-state index in [0.29, 0.717) is 23.3 Å². The second-order valence-corrected chi connectivity index (χ2v) is 12.0. The highest BCUT2D eigenvalue weighted by Crippen LogP contribution is 2.41. The van der Waals surface area contributed by atoms with Crippen LogP contribution in [0.5, 0.6) is 0 Å². The lowest BCUT2D eigenvalue weighted by Crippen LogP contribution is -2.56. The van der Waals surface area contributed by atoms with E-state index in [9.17, 15) is 0 Å². The number of fused-ring (bicyclic) bond motifs is 7. The number of rotatable bonds is 4. The summed E-state index contributed by atoms with van der Waals surface area (Å²) in [6, 6.07) is 40.4. The summed E-state index contributed by atoms with van der Waals surface area (Å²) in [5, 5.41) is 3.97. The van der Waals surface area contributed by atoms with Gasteiger partial charge in [-0.2, -0.15) is 9.97 Å². The van der Waals surface area contributed by atoms with Crippen LogP contribution >= 0.6 is 0 Å². The second kappa shape index (κ2) is 11.2. The zero-order valence-corrected chi connectivity index (χ0v) is 26.2. The summed E-state index contributed by atoms with van der Waals surface area (Å²) in [4.78, 5) is 15.1. The molecule has 10 heteroatoms. The van der Waals surface area contributed by atoms with Crippen LogP contribution in [0.2, 0.25) is 0 Å². The Morgan fingerprint density at radius 3 is 1.47 bits per heavy atom. The van der Waals surface area contributed by atoms with Crippen molar-refractivity contribution in [2.45, 2.75) is 0 Å². The van der Waals surface area contributed by atoms with Gasteiger partial charge in [0.1, 0.15) is 39.2 Å². The molecule has 0 N–H and O–H groups in total. The molecule has 0 saturated carbocycles. The molecule has 0 fully saturated rings. The lowest BCUT2D eigenvalue weighted by molar-refractivity contribution is 0.953. The monoisotopic (exact) mass is 613 g/mol. The summed E-state index contributed by atoms with van der Waals surface area (Å²) in [6.45, 7) is 0. The van der Waals surface area contributed by atoms with Gasteiger partial charge in [-0.05, 0) is 18.2 Å². The first-order valence-corrected chi connectivity index (χ1v) is 15.8. The van der Waals surface area contributed by atoms with Crippen molar-refractivity contribution in [1.82, 2.24) is 24.1 Å². The number of hydrogen-bond acceptors (Lipinski definition) is 3. The van der Waals surface area contributed by atoms with Crippen molar-refractivity contribution in [2.75, 3.05) is 0 Å². The molecule has 5 nitrogen and oxygen atoms in total. The predicted molar refractivity (Wildman–Crippen MR) is 206 cm³/mol. The molecule has 0 amide bonds. The van der Waals surface area contributed by atoms with Crippen LogP contribution in [0.3, 0.4) is 0 Å². The van der Waals surface area contributed by atoms with Gasteiger partial charge >= 0.3 is 0 Å². The van der Waals surface area contributed by atoms with Gasteiger partial charge in [0.2, 0.25) is 5.95 Å². The van der Waals surface area contributed by atoms with Crippen LogP contribution in [0, 0.1) is 0 Å². The highest BCUT2D eigenvalue weighted by molar-refractivity contribution is 6.68. The standard InChI is InChI=1S/C39H20B5N5/c40-30-31(41)33(43)36(34(44)32(30)42)49-26-17-9-7-15-23(26)24-19-20-28-29(35(24)49)25-16-8-10-18-27(25)48(28)39-46-37(21-11-3-1-4-12-21)45-38(47-39)22-13-5-2-6-14-22/h1-20H. The largest absolute Gasteiger partial charge is 0.310 e. The predicted octanol–water partition coefficient (Wildman–Crippen LogP) is 3.37. The summed E-state index contributed by atoms with van der Waals surface area (Å²) in [5.41, 5.74) is 6.89. The molecule has 0 saturated heterocycles. The molecule has 9 aromatic rings. The van der Waals surface area contributed by atoms with Gasteiger partial charge in [-0.25, -0.2) is 4.98 Å². The van der Waals surface area contributed by atoms with Crippen LogP contribution in [0.4, 0.5) is 0 Å². The molecular formula is C39H20B5N5. The Kier molecular flexibility index (Phi) is 6.70. The lowest BCUT2D eigenvalue weighted by atomic mass is 9.61. The number of aromatic nitrogens is 5. The van der Waals surface area contributed by atoms with Gasteiger partial charge in [0.15, 0.2) is 11.6 Å². The highest BCUT2D eigenvalue weighted by Gasteiger charge is 2.24. The van der Waals surface area contributed by atoms with Crippen LogP contribution < -0.4 is 27.3 Å². The first-order chi connectivity index (χ1) is 23.9. The van der Waals surface area contributed by atoms with Crippen LogP contribution in [-0.4, -0.2) is 63.3 Å². The van der Waals surface area contributed by atoms with Crippen molar-refractivity contribution in [3.05, 3.63) is 121 Å². The number of benzene rings is 6. The van der Waals surface area contributed by atoms with Crippen LogP contribution in [-0.2, 0) is 0 Å². The fourth-order valence-corrected chi connectivity index (χ4v) is 6.93.